The number of hydrogen-bond acceptors (Lipinski definition) is 8. The highest BCUT2D eigenvalue weighted by Crippen LogP contribution is 2.50. The SMILES string of the molecule is CC1(C)CC(=O)N2CC(C(=O)OCC(=O)c3ccc(N)nc3F)C3=C(CN=CC(Cl)=C4C(F)=CC(=O)C=C43)C21. The first-order chi connectivity index (χ1) is 18.4. The fourth-order valence-corrected chi connectivity index (χ4v) is 5.96. The molecule has 0 radical (unpaired) electrons. The van der Waals surface area contributed by atoms with Crippen LogP contribution in [0.5, 0.6) is 0 Å². The van der Waals surface area contributed by atoms with Gasteiger partial charge in [-0.15, -0.1) is 0 Å². The highest BCUT2D eigenvalue weighted by atomic mass is 35.5. The topological polar surface area (TPSA) is 132 Å². The first kappa shape index (κ1) is 26.6. The number of pyridine rings is 1. The monoisotopic (exact) mass is 556 g/mol. The Balaban J connectivity index is 1.57. The average Bonchev–Trinajstić information content (AvgIpc) is 3.07. The molecule has 12 heteroatoms. The van der Waals surface area contributed by atoms with Crippen LogP contribution in [0.3, 0.4) is 0 Å². The van der Waals surface area contributed by atoms with Crippen LogP contribution >= 0.6 is 11.6 Å². The summed E-state index contributed by atoms with van der Waals surface area (Å²) in [7, 11) is 0. The fraction of sp³-hybridized carbons (Fsp3) is 0.333. The number of aliphatic imine (C=N–C) groups is 1. The van der Waals surface area contributed by atoms with E-state index in [9.17, 15) is 23.6 Å². The van der Waals surface area contributed by atoms with Gasteiger partial charge in [0, 0.05) is 30.8 Å². The van der Waals surface area contributed by atoms with Gasteiger partial charge in [-0.3, -0.25) is 24.2 Å². The third kappa shape index (κ3) is 4.60. The summed E-state index contributed by atoms with van der Waals surface area (Å²) >= 11 is 6.35. The molecule has 202 valence electrons. The minimum atomic E-state index is -1.20. The van der Waals surface area contributed by atoms with Crippen molar-refractivity contribution in [2.24, 2.45) is 16.3 Å². The zero-order valence-corrected chi connectivity index (χ0v) is 21.7. The van der Waals surface area contributed by atoms with E-state index in [1.807, 2.05) is 13.8 Å². The average molecular weight is 557 g/mol. The Morgan fingerprint density at radius 3 is 2.69 bits per heavy atom. The highest BCUT2D eigenvalue weighted by Gasteiger charge is 2.53. The molecule has 4 aliphatic rings. The van der Waals surface area contributed by atoms with Crippen molar-refractivity contribution in [3.63, 3.8) is 0 Å². The van der Waals surface area contributed by atoms with Crippen LogP contribution in [-0.2, 0) is 19.1 Å². The Labute approximate surface area is 226 Å². The van der Waals surface area contributed by atoms with Crippen molar-refractivity contribution in [3.8, 4) is 0 Å². The summed E-state index contributed by atoms with van der Waals surface area (Å²) in [5, 5.41) is -0.0631. The number of Topliss-reactive ketones (excluding diaryl/α,β-unsaturated/α-hetero) is 1. The second-order valence-corrected chi connectivity index (χ2v) is 10.8. The quantitative estimate of drug-likeness (QED) is 0.342. The van der Waals surface area contributed by atoms with E-state index in [4.69, 9.17) is 22.1 Å². The summed E-state index contributed by atoms with van der Waals surface area (Å²) in [4.78, 5) is 60.8. The lowest BCUT2D eigenvalue weighted by Gasteiger charge is -2.43. The normalized spacial score (nSPS) is 23.9. The summed E-state index contributed by atoms with van der Waals surface area (Å²) in [6, 6.07) is 1.88. The van der Waals surface area contributed by atoms with Gasteiger partial charge < -0.3 is 15.4 Å². The van der Waals surface area contributed by atoms with Crippen molar-refractivity contribution in [2.45, 2.75) is 26.3 Å². The molecule has 3 aliphatic heterocycles. The molecular weight excluding hydrogens is 534 g/mol. The van der Waals surface area contributed by atoms with Gasteiger partial charge in [0.15, 0.2) is 12.4 Å². The van der Waals surface area contributed by atoms with Gasteiger partial charge in [0.05, 0.1) is 23.2 Å². The number of nitrogens with zero attached hydrogens (tertiary/aromatic N) is 3. The van der Waals surface area contributed by atoms with Gasteiger partial charge in [-0.25, -0.2) is 9.37 Å². The summed E-state index contributed by atoms with van der Waals surface area (Å²) in [5.74, 6) is -5.93. The molecule has 39 heavy (non-hydrogen) atoms. The number of nitrogens with two attached hydrogens (primary N) is 1. The molecule has 1 amide bonds. The van der Waals surface area contributed by atoms with Crippen LogP contribution in [0.25, 0.3) is 0 Å². The van der Waals surface area contributed by atoms with E-state index in [2.05, 4.69) is 9.98 Å². The first-order valence-corrected chi connectivity index (χ1v) is 12.4. The van der Waals surface area contributed by atoms with E-state index >= 15 is 4.39 Å². The predicted octanol–water partition coefficient (Wildman–Crippen LogP) is 3.02. The fourth-order valence-electron chi connectivity index (χ4n) is 5.70. The standard InChI is InChI=1S/C27H23ClF2N4O5/c1-27(2)7-21(37)34-10-16(26(38)39-11-19(36)13-3-4-20(31)33-25(13)30)22-14-5-12(35)6-18(29)23(14)17(28)9-32-8-15(22)24(27)34/h3-6,9,16,24H,7-8,10-11H2,1-2H3,(H2,31,33). The Kier molecular flexibility index (Phi) is 6.58. The molecule has 0 aromatic carbocycles. The summed E-state index contributed by atoms with van der Waals surface area (Å²) in [5.41, 5.74) is 5.27. The number of allylic oxidation sites excluding steroid dienone is 6. The molecule has 1 saturated heterocycles. The Morgan fingerprint density at radius 2 is 1.97 bits per heavy atom. The van der Waals surface area contributed by atoms with Crippen molar-refractivity contribution < 1.29 is 32.7 Å². The molecule has 1 aromatic heterocycles. The van der Waals surface area contributed by atoms with Crippen LogP contribution in [0.1, 0.15) is 30.6 Å². The number of fused-ring (bicyclic) bond motifs is 4. The molecule has 1 aromatic rings. The van der Waals surface area contributed by atoms with Gasteiger partial charge >= 0.3 is 5.97 Å². The maximum atomic E-state index is 15.1. The van der Waals surface area contributed by atoms with Crippen molar-refractivity contribution in [1.29, 1.82) is 0 Å². The van der Waals surface area contributed by atoms with E-state index in [0.717, 1.165) is 12.1 Å². The molecule has 0 spiro atoms. The maximum Gasteiger partial charge on any atom is 0.315 e. The van der Waals surface area contributed by atoms with Gasteiger partial charge in [0.2, 0.25) is 17.6 Å². The van der Waals surface area contributed by atoms with Crippen molar-refractivity contribution >= 4 is 47.1 Å². The van der Waals surface area contributed by atoms with Crippen LogP contribution in [0.4, 0.5) is 14.6 Å². The molecule has 2 N–H and O–H groups in total. The number of carbonyl (C=O) groups excluding carboxylic acids is 4. The predicted molar refractivity (Wildman–Crippen MR) is 137 cm³/mol. The number of amides is 1. The summed E-state index contributed by atoms with van der Waals surface area (Å²) in [6.07, 6.45) is 3.45. The Morgan fingerprint density at radius 1 is 1.23 bits per heavy atom. The van der Waals surface area contributed by atoms with Gasteiger partial charge in [-0.2, -0.15) is 4.39 Å². The number of aromatic nitrogens is 1. The van der Waals surface area contributed by atoms with Crippen LogP contribution < -0.4 is 5.73 Å². The molecule has 1 aliphatic carbocycles. The number of ether oxygens (including phenoxy) is 1. The molecule has 0 bridgehead atoms. The van der Waals surface area contributed by atoms with Crippen molar-refractivity contribution in [1.82, 2.24) is 9.88 Å². The summed E-state index contributed by atoms with van der Waals surface area (Å²) in [6.45, 7) is 2.87. The third-order valence-corrected chi connectivity index (χ3v) is 7.53. The van der Waals surface area contributed by atoms with Crippen LogP contribution in [0.15, 0.2) is 62.4 Å². The number of anilines is 1. The van der Waals surface area contributed by atoms with E-state index in [-0.39, 0.29) is 53.0 Å². The van der Waals surface area contributed by atoms with Crippen LogP contribution in [-0.4, -0.2) is 65.3 Å². The van der Waals surface area contributed by atoms with Gasteiger partial charge in [0.1, 0.15) is 17.6 Å². The van der Waals surface area contributed by atoms with Gasteiger partial charge in [-0.1, -0.05) is 25.4 Å². The number of halogens is 3. The Bertz CT molecular complexity index is 1510. The molecule has 2 unspecified atom stereocenters. The Hall–Kier alpha value is -3.99. The second kappa shape index (κ2) is 9.64. The van der Waals surface area contributed by atoms with Gasteiger partial charge in [-0.05, 0) is 40.3 Å². The van der Waals surface area contributed by atoms with E-state index in [1.54, 1.807) is 4.90 Å². The van der Waals surface area contributed by atoms with Crippen molar-refractivity contribution in [2.75, 3.05) is 25.4 Å². The van der Waals surface area contributed by atoms with Crippen molar-refractivity contribution in [3.05, 3.63) is 68.9 Å². The molecule has 9 nitrogen and oxygen atoms in total. The lowest BCUT2D eigenvalue weighted by Crippen LogP contribution is -2.50. The molecular formula is C27H23ClF2N4O5. The number of esters is 1. The van der Waals surface area contributed by atoms with E-state index in [0.29, 0.717) is 5.57 Å². The second-order valence-electron chi connectivity index (χ2n) is 10.4. The van der Waals surface area contributed by atoms with Crippen LogP contribution in [0.2, 0.25) is 0 Å². The molecule has 2 atom stereocenters. The lowest BCUT2D eigenvalue weighted by atomic mass is 9.71. The van der Waals surface area contributed by atoms with E-state index < -0.39 is 58.9 Å². The third-order valence-electron chi connectivity index (χ3n) is 7.24. The zero-order valence-electron chi connectivity index (χ0n) is 21.0. The highest BCUT2D eigenvalue weighted by molar-refractivity contribution is 6.40. The lowest BCUT2D eigenvalue weighted by molar-refractivity contribution is -0.147. The number of hydrogen-bond donors (Lipinski definition) is 1. The molecule has 5 rings (SSSR count). The first-order valence-electron chi connectivity index (χ1n) is 12.1. The molecule has 1 fully saturated rings. The number of ketones is 2. The number of carbonyl (C=O) groups is 4. The van der Waals surface area contributed by atoms with Crippen LogP contribution in [0, 0.1) is 17.3 Å². The molecule has 0 saturated carbocycles. The molecule has 4 heterocycles. The zero-order chi connectivity index (χ0) is 28.2. The minimum Gasteiger partial charge on any atom is -0.457 e. The summed E-state index contributed by atoms with van der Waals surface area (Å²) < 4.78 is 34.5. The van der Waals surface area contributed by atoms with Gasteiger partial charge in [0.25, 0.3) is 0 Å². The van der Waals surface area contributed by atoms with E-state index in [1.165, 1.54) is 18.4 Å². The minimum absolute atomic E-state index is 0.0264. The number of nitrogen functional groups attached to an aromatic ring is 1. The number of rotatable bonds is 4. The maximum absolute atomic E-state index is 15.1. The largest absolute Gasteiger partial charge is 0.457 e. The smallest absolute Gasteiger partial charge is 0.315 e.